The largest absolute Gasteiger partial charge is 0.496 e. The van der Waals surface area contributed by atoms with Crippen LogP contribution in [0.25, 0.3) is 0 Å². The summed E-state index contributed by atoms with van der Waals surface area (Å²) in [7, 11) is 3.01. The highest BCUT2D eigenvalue weighted by Crippen LogP contribution is 2.22. The van der Waals surface area contributed by atoms with Gasteiger partial charge in [0.05, 0.1) is 17.6 Å². The highest BCUT2D eigenvalue weighted by molar-refractivity contribution is 8.13. The summed E-state index contributed by atoms with van der Waals surface area (Å²) in [5, 5.41) is 3.22. The number of hydrogen-bond donors (Lipinski definition) is 1. The molecule has 1 N–H and O–H groups in total. The van der Waals surface area contributed by atoms with Gasteiger partial charge in [-0.1, -0.05) is 23.7 Å². The average molecular weight is 388 g/mol. The van der Waals surface area contributed by atoms with Crippen LogP contribution in [0.3, 0.4) is 0 Å². The van der Waals surface area contributed by atoms with E-state index in [-0.39, 0.29) is 10.8 Å². The first-order chi connectivity index (χ1) is 11.3. The van der Waals surface area contributed by atoms with Crippen LogP contribution >= 0.6 is 22.3 Å². The Kier molecular flexibility index (Phi) is 6.10. The zero-order chi connectivity index (χ0) is 17.7. The van der Waals surface area contributed by atoms with Crippen molar-refractivity contribution >= 4 is 37.2 Å². The minimum absolute atomic E-state index is 0.0422. The molecule has 0 spiro atoms. The van der Waals surface area contributed by atoms with Crippen LogP contribution in [0, 0.1) is 0 Å². The Bertz CT molecular complexity index is 836. The fourth-order valence-corrected chi connectivity index (χ4v) is 3.03. The van der Waals surface area contributed by atoms with Crippen LogP contribution in [-0.4, -0.2) is 28.0 Å². The topological polar surface area (TPSA) is 72.5 Å². The van der Waals surface area contributed by atoms with Crippen LogP contribution in [-0.2, 0) is 15.5 Å². The third-order valence-corrected chi connectivity index (χ3v) is 4.92. The zero-order valence-electron chi connectivity index (χ0n) is 12.8. The summed E-state index contributed by atoms with van der Waals surface area (Å²) in [5.74, 6) is 0.142. The highest BCUT2D eigenvalue weighted by Gasteiger charge is 2.13. The van der Waals surface area contributed by atoms with Crippen molar-refractivity contribution in [2.24, 2.45) is 0 Å². The molecule has 0 aliphatic heterocycles. The van der Waals surface area contributed by atoms with E-state index in [9.17, 15) is 13.2 Å². The number of carbonyl (C=O) groups excluding carboxylic acids is 1. The molecule has 2 aromatic rings. The Morgan fingerprint density at radius 1 is 1.17 bits per heavy atom. The Hall–Kier alpha value is -1.76. The molecule has 0 radical (unpaired) electrons. The number of amides is 1. The quantitative estimate of drug-likeness (QED) is 0.772. The van der Waals surface area contributed by atoms with E-state index in [1.54, 1.807) is 24.3 Å². The molecule has 2 rings (SSSR count). The van der Waals surface area contributed by atoms with Crippen molar-refractivity contribution in [3.63, 3.8) is 0 Å². The second kappa shape index (κ2) is 7.88. The van der Waals surface area contributed by atoms with Gasteiger partial charge < -0.3 is 10.1 Å². The first-order valence-corrected chi connectivity index (χ1v) is 9.65. The SMILES string of the molecule is COc1ccc(Cl)cc1C(=O)NCCc1ccc(S(=O)(=O)Cl)cc1. The average Bonchev–Trinajstić information content (AvgIpc) is 2.54. The van der Waals surface area contributed by atoms with Gasteiger partial charge in [-0.05, 0) is 42.3 Å². The van der Waals surface area contributed by atoms with Crippen LogP contribution < -0.4 is 10.1 Å². The molecule has 0 unspecified atom stereocenters. The molecule has 0 bridgehead atoms. The number of nitrogens with one attached hydrogen (secondary N) is 1. The Labute approximate surface area is 150 Å². The molecule has 0 saturated carbocycles. The van der Waals surface area contributed by atoms with E-state index in [2.05, 4.69) is 5.32 Å². The Morgan fingerprint density at radius 3 is 2.42 bits per heavy atom. The number of hydrogen-bond acceptors (Lipinski definition) is 4. The Balaban J connectivity index is 1.97. The van der Waals surface area contributed by atoms with Crippen molar-refractivity contribution in [3.8, 4) is 5.75 Å². The molecule has 24 heavy (non-hydrogen) atoms. The molecular formula is C16H15Cl2NO4S. The fourth-order valence-electron chi connectivity index (χ4n) is 2.09. The lowest BCUT2D eigenvalue weighted by Gasteiger charge is -2.10. The molecule has 1 amide bonds. The van der Waals surface area contributed by atoms with Gasteiger partial charge in [0.15, 0.2) is 0 Å². The lowest BCUT2D eigenvalue weighted by molar-refractivity contribution is 0.0951. The lowest BCUT2D eigenvalue weighted by atomic mass is 10.1. The maximum absolute atomic E-state index is 12.2. The summed E-state index contributed by atoms with van der Waals surface area (Å²) in [5.41, 5.74) is 1.23. The molecule has 0 heterocycles. The van der Waals surface area contributed by atoms with E-state index in [1.807, 2.05) is 0 Å². The van der Waals surface area contributed by atoms with E-state index < -0.39 is 9.05 Å². The lowest BCUT2D eigenvalue weighted by Crippen LogP contribution is -2.26. The summed E-state index contributed by atoms with van der Waals surface area (Å²) in [6.07, 6.45) is 0.539. The maximum Gasteiger partial charge on any atom is 0.261 e. The number of carbonyl (C=O) groups is 1. The molecular weight excluding hydrogens is 373 g/mol. The normalized spacial score (nSPS) is 11.1. The zero-order valence-corrected chi connectivity index (χ0v) is 15.1. The van der Waals surface area contributed by atoms with Gasteiger partial charge in [-0.15, -0.1) is 0 Å². The minimum atomic E-state index is -3.73. The number of methoxy groups -OCH3 is 1. The Morgan fingerprint density at radius 2 is 1.83 bits per heavy atom. The van der Waals surface area contributed by atoms with Gasteiger partial charge in [0.25, 0.3) is 15.0 Å². The molecule has 0 aromatic heterocycles. The van der Waals surface area contributed by atoms with Crippen molar-refractivity contribution in [3.05, 3.63) is 58.6 Å². The summed E-state index contributed by atoms with van der Waals surface area (Å²) < 4.78 is 27.5. The highest BCUT2D eigenvalue weighted by atomic mass is 35.7. The van der Waals surface area contributed by atoms with Crippen molar-refractivity contribution in [2.75, 3.05) is 13.7 Å². The molecule has 2 aromatic carbocycles. The van der Waals surface area contributed by atoms with Gasteiger partial charge in [-0.25, -0.2) is 8.42 Å². The third kappa shape index (κ3) is 4.87. The predicted molar refractivity (Wildman–Crippen MR) is 93.5 cm³/mol. The molecule has 8 heteroatoms. The maximum atomic E-state index is 12.2. The van der Waals surface area contributed by atoms with Crippen LogP contribution in [0.5, 0.6) is 5.75 Å². The van der Waals surface area contributed by atoms with Gasteiger partial charge >= 0.3 is 0 Å². The third-order valence-electron chi connectivity index (χ3n) is 3.31. The van der Waals surface area contributed by atoms with E-state index in [1.165, 1.54) is 25.3 Å². The van der Waals surface area contributed by atoms with E-state index in [4.69, 9.17) is 27.0 Å². The van der Waals surface area contributed by atoms with Crippen molar-refractivity contribution < 1.29 is 17.9 Å². The summed E-state index contributed by atoms with van der Waals surface area (Å²) >= 11 is 5.90. The van der Waals surface area contributed by atoms with Crippen LogP contribution in [0.4, 0.5) is 0 Å². The molecule has 5 nitrogen and oxygen atoms in total. The predicted octanol–water partition coefficient (Wildman–Crippen LogP) is 3.25. The van der Waals surface area contributed by atoms with Gasteiger partial charge in [0.1, 0.15) is 5.75 Å². The van der Waals surface area contributed by atoms with Crippen molar-refractivity contribution in [2.45, 2.75) is 11.3 Å². The van der Waals surface area contributed by atoms with Crippen molar-refractivity contribution in [1.82, 2.24) is 5.32 Å². The number of halogens is 2. The van der Waals surface area contributed by atoms with Crippen LogP contribution in [0.15, 0.2) is 47.4 Å². The standard InChI is InChI=1S/C16H15Cl2NO4S/c1-23-15-7-4-12(17)10-14(15)16(20)19-9-8-11-2-5-13(6-3-11)24(18,21)22/h2-7,10H,8-9H2,1H3,(H,19,20). The fraction of sp³-hybridized carbons (Fsp3) is 0.188. The molecule has 0 fully saturated rings. The number of ether oxygens (including phenoxy) is 1. The first kappa shape index (κ1) is 18.6. The molecule has 0 atom stereocenters. The summed E-state index contributed by atoms with van der Waals surface area (Å²) in [6.45, 7) is 0.376. The van der Waals surface area contributed by atoms with Gasteiger partial charge in [-0.3, -0.25) is 4.79 Å². The van der Waals surface area contributed by atoms with Gasteiger partial charge in [0.2, 0.25) is 0 Å². The van der Waals surface area contributed by atoms with E-state index in [0.29, 0.717) is 29.3 Å². The van der Waals surface area contributed by atoms with Crippen LogP contribution in [0.2, 0.25) is 5.02 Å². The number of benzene rings is 2. The van der Waals surface area contributed by atoms with E-state index >= 15 is 0 Å². The molecule has 0 aliphatic rings. The molecule has 0 aliphatic carbocycles. The summed E-state index contributed by atoms with van der Waals surface area (Å²) in [4.78, 5) is 12.2. The second-order valence-electron chi connectivity index (χ2n) is 4.93. The molecule has 128 valence electrons. The minimum Gasteiger partial charge on any atom is -0.496 e. The van der Waals surface area contributed by atoms with Gasteiger partial charge in [-0.2, -0.15) is 0 Å². The van der Waals surface area contributed by atoms with Gasteiger partial charge in [0, 0.05) is 22.2 Å². The van der Waals surface area contributed by atoms with Crippen LogP contribution in [0.1, 0.15) is 15.9 Å². The van der Waals surface area contributed by atoms with Crippen molar-refractivity contribution in [1.29, 1.82) is 0 Å². The first-order valence-electron chi connectivity index (χ1n) is 6.96. The van der Waals surface area contributed by atoms with E-state index in [0.717, 1.165) is 5.56 Å². The smallest absolute Gasteiger partial charge is 0.261 e. The summed E-state index contributed by atoms with van der Waals surface area (Å²) in [6, 6.07) is 11.0. The second-order valence-corrected chi connectivity index (χ2v) is 7.93. The molecule has 0 saturated heterocycles. The monoisotopic (exact) mass is 387 g/mol. The number of rotatable bonds is 6.